The summed E-state index contributed by atoms with van der Waals surface area (Å²) in [6.45, 7) is 15.2. The molecule has 282 valence electrons. The van der Waals surface area contributed by atoms with Crippen molar-refractivity contribution in [3.63, 3.8) is 0 Å². The van der Waals surface area contributed by atoms with E-state index in [-0.39, 0.29) is 35.1 Å². The summed E-state index contributed by atoms with van der Waals surface area (Å²) >= 11 is 1.47. The van der Waals surface area contributed by atoms with Gasteiger partial charge in [-0.25, -0.2) is 0 Å². The number of rotatable bonds is 14. The number of likely N-dealkylation sites (tertiary alicyclic amines) is 1. The Labute approximate surface area is 323 Å². The molecule has 1 saturated heterocycles. The van der Waals surface area contributed by atoms with E-state index in [2.05, 4.69) is 84.5 Å². The van der Waals surface area contributed by atoms with E-state index in [9.17, 15) is 9.59 Å². The second-order valence-corrected chi connectivity index (χ2v) is 15.8. The minimum absolute atomic E-state index is 0. The molecule has 4 aromatic rings. The fraction of sp³-hybridized carbons (Fsp3) is 0.450. The largest absolute Gasteiger partial charge is 0.480 e. The number of anilines is 2. The van der Waals surface area contributed by atoms with Gasteiger partial charge in [-0.1, -0.05) is 83.6 Å². The highest BCUT2D eigenvalue weighted by atomic mass is 35.5. The van der Waals surface area contributed by atoms with Crippen molar-refractivity contribution in [1.29, 1.82) is 0 Å². The zero-order valence-corrected chi connectivity index (χ0v) is 33.2. The molecule has 0 spiro atoms. The lowest BCUT2D eigenvalue weighted by atomic mass is 9.76. The van der Waals surface area contributed by atoms with Crippen molar-refractivity contribution in [1.82, 2.24) is 25.1 Å². The van der Waals surface area contributed by atoms with Gasteiger partial charge in [0.25, 0.3) is 11.8 Å². The maximum absolute atomic E-state index is 14.1. The van der Waals surface area contributed by atoms with Crippen LogP contribution in [0.15, 0.2) is 83.1 Å². The number of tetrazole rings is 1. The predicted molar refractivity (Wildman–Crippen MR) is 215 cm³/mol. The van der Waals surface area contributed by atoms with E-state index < -0.39 is 6.10 Å². The zero-order valence-electron chi connectivity index (χ0n) is 31.5. The smallest absolute Gasteiger partial charge is 0.265 e. The second kappa shape index (κ2) is 17.2. The Balaban J connectivity index is 0.00000541. The highest BCUT2D eigenvalue weighted by Crippen LogP contribution is 2.39. The fourth-order valence-corrected chi connectivity index (χ4v) is 7.18. The third-order valence-electron chi connectivity index (χ3n) is 10.5. The van der Waals surface area contributed by atoms with Gasteiger partial charge in [-0.15, -0.1) is 17.5 Å². The van der Waals surface area contributed by atoms with Crippen LogP contribution in [0.2, 0.25) is 0 Å². The third kappa shape index (κ3) is 9.21. The Morgan fingerprint density at radius 3 is 2.30 bits per heavy atom. The summed E-state index contributed by atoms with van der Waals surface area (Å²) in [5, 5.41) is 22.1. The van der Waals surface area contributed by atoms with Crippen molar-refractivity contribution in [3.05, 3.63) is 83.9 Å². The number of hydrogen-bond acceptors (Lipinski definition) is 9. The predicted octanol–water partition coefficient (Wildman–Crippen LogP) is 8.17. The molecule has 2 aliphatic rings. The van der Waals surface area contributed by atoms with E-state index in [1.807, 2.05) is 48.5 Å². The van der Waals surface area contributed by atoms with E-state index in [4.69, 9.17) is 4.74 Å². The standard InChI is InChI=1S/C40H50N8O3S.ClH/c1-7-39(3,4)28-16-21-33(32(26-28)40(5,6)8-2)51-34(22-25-52-38-42-44-45-48(38)30-14-10-9-11-15-30)37(50)41-29-17-19-31(20-18-29)47-36(49)27-35(43-47)46-23-12-13-24-46;/h9-11,14-21,26,34H,7-8,12-13,22-25,27H2,1-6H3,(H,41,50);1H. The first-order chi connectivity index (χ1) is 25.0. The molecular weight excluding hydrogens is 708 g/mol. The number of hydrogen-bond donors (Lipinski definition) is 1. The molecule has 0 saturated carbocycles. The molecule has 11 nitrogen and oxygen atoms in total. The van der Waals surface area contributed by atoms with Crippen molar-refractivity contribution in [2.45, 2.75) is 102 Å². The zero-order chi connectivity index (χ0) is 36.9. The van der Waals surface area contributed by atoms with Crippen LogP contribution in [-0.2, 0) is 20.4 Å². The van der Waals surface area contributed by atoms with Crippen molar-refractivity contribution >= 4 is 53.2 Å². The van der Waals surface area contributed by atoms with Crippen molar-refractivity contribution in [2.75, 3.05) is 29.2 Å². The molecule has 3 aromatic carbocycles. The van der Waals surface area contributed by atoms with Crippen LogP contribution in [0.4, 0.5) is 11.4 Å². The lowest BCUT2D eigenvalue weighted by Crippen LogP contribution is -2.34. The Hall–Kier alpha value is -4.42. The average molecular weight is 759 g/mol. The first-order valence-electron chi connectivity index (χ1n) is 18.3. The summed E-state index contributed by atoms with van der Waals surface area (Å²) in [5.74, 6) is 1.75. The normalized spacial score (nSPS) is 15.3. The van der Waals surface area contributed by atoms with Crippen LogP contribution in [0.3, 0.4) is 0 Å². The van der Waals surface area contributed by atoms with Gasteiger partial charge in [-0.2, -0.15) is 14.8 Å². The number of benzene rings is 3. The lowest BCUT2D eigenvalue weighted by molar-refractivity contribution is -0.122. The summed E-state index contributed by atoms with van der Waals surface area (Å²) in [6.07, 6.45) is 4.05. The highest BCUT2D eigenvalue weighted by molar-refractivity contribution is 7.99. The topological polar surface area (TPSA) is 118 Å². The van der Waals surface area contributed by atoms with E-state index in [0.717, 1.165) is 55.9 Å². The van der Waals surface area contributed by atoms with Crippen molar-refractivity contribution in [3.8, 4) is 11.4 Å². The number of para-hydroxylation sites is 1. The molecule has 1 aromatic heterocycles. The number of amidine groups is 1. The molecule has 1 N–H and O–H groups in total. The van der Waals surface area contributed by atoms with E-state index in [1.165, 1.54) is 22.3 Å². The fourth-order valence-electron chi connectivity index (χ4n) is 6.31. The van der Waals surface area contributed by atoms with Crippen LogP contribution in [-0.4, -0.2) is 67.7 Å². The van der Waals surface area contributed by atoms with Gasteiger partial charge in [-0.3, -0.25) is 9.59 Å². The number of hydrazone groups is 1. The summed E-state index contributed by atoms with van der Waals surface area (Å²) in [7, 11) is 0. The molecule has 1 atom stereocenters. The summed E-state index contributed by atoms with van der Waals surface area (Å²) in [6, 6.07) is 23.4. The van der Waals surface area contributed by atoms with Gasteiger partial charge in [0.05, 0.1) is 17.8 Å². The van der Waals surface area contributed by atoms with Gasteiger partial charge in [0.1, 0.15) is 11.6 Å². The molecular formula is C40H51ClN8O3S. The number of ether oxygens (including phenoxy) is 1. The Morgan fingerprint density at radius 1 is 0.925 bits per heavy atom. The molecule has 53 heavy (non-hydrogen) atoms. The lowest BCUT2D eigenvalue weighted by Gasteiger charge is -2.31. The monoisotopic (exact) mass is 758 g/mol. The molecule has 0 radical (unpaired) electrons. The van der Waals surface area contributed by atoms with Gasteiger partial charge < -0.3 is 15.0 Å². The van der Waals surface area contributed by atoms with Crippen LogP contribution in [0.1, 0.15) is 91.2 Å². The Bertz CT molecular complexity index is 1890. The first kappa shape index (κ1) is 39.8. The molecule has 13 heteroatoms. The average Bonchev–Trinajstić information content (AvgIpc) is 3.94. The number of aromatic nitrogens is 4. The van der Waals surface area contributed by atoms with Crippen LogP contribution in [0.25, 0.3) is 5.69 Å². The Morgan fingerprint density at radius 2 is 1.62 bits per heavy atom. The second-order valence-electron chi connectivity index (χ2n) is 14.8. The van der Waals surface area contributed by atoms with Crippen molar-refractivity contribution < 1.29 is 14.3 Å². The Kier molecular flexibility index (Phi) is 12.9. The number of nitrogens with one attached hydrogen (secondary N) is 1. The number of amides is 2. The maximum atomic E-state index is 14.1. The third-order valence-corrected chi connectivity index (χ3v) is 11.4. The van der Waals surface area contributed by atoms with Gasteiger partial charge in [0, 0.05) is 36.5 Å². The number of halogens is 1. The van der Waals surface area contributed by atoms with Gasteiger partial charge in [-0.05, 0) is 95.0 Å². The number of carbonyl (C=O) groups excluding carboxylic acids is 2. The summed E-state index contributed by atoms with van der Waals surface area (Å²) in [4.78, 5) is 29.1. The van der Waals surface area contributed by atoms with Crippen LogP contribution < -0.4 is 15.1 Å². The molecule has 2 aliphatic heterocycles. The van der Waals surface area contributed by atoms with E-state index in [1.54, 1.807) is 16.8 Å². The molecule has 1 unspecified atom stereocenters. The maximum Gasteiger partial charge on any atom is 0.265 e. The molecule has 6 rings (SSSR count). The molecule has 3 heterocycles. The van der Waals surface area contributed by atoms with E-state index >= 15 is 0 Å². The molecule has 2 amide bonds. The number of nitrogens with zero attached hydrogens (tertiary/aromatic N) is 7. The van der Waals surface area contributed by atoms with Gasteiger partial charge >= 0.3 is 0 Å². The molecule has 0 aliphatic carbocycles. The van der Waals surface area contributed by atoms with Crippen LogP contribution >= 0.6 is 24.2 Å². The van der Waals surface area contributed by atoms with E-state index in [0.29, 0.717) is 40.9 Å². The van der Waals surface area contributed by atoms with Crippen molar-refractivity contribution in [2.24, 2.45) is 5.10 Å². The SMILES string of the molecule is CCC(C)(C)c1ccc(OC(CCSc2nnnn2-c2ccccc2)C(=O)Nc2ccc(N3N=C(N4CCCC4)CC3=O)cc2)c(C(C)(C)CC)c1.Cl. The first-order valence-corrected chi connectivity index (χ1v) is 19.3. The minimum atomic E-state index is -0.808. The minimum Gasteiger partial charge on any atom is -0.480 e. The van der Waals surface area contributed by atoms with Gasteiger partial charge in [0.15, 0.2) is 6.10 Å². The van der Waals surface area contributed by atoms with Gasteiger partial charge in [0.2, 0.25) is 5.16 Å². The summed E-state index contributed by atoms with van der Waals surface area (Å²) < 4.78 is 8.42. The molecule has 0 bridgehead atoms. The summed E-state index contributed by atoms with van der Waals surface area (Å²) in [5.41, 5.74) is 4.28. The number of thioether (sulfide) groups is 1. The highest BCUT2D eigenvalue weighted by Gasteiger charge is 2.31. The molecule has 1 fully saturated rings. The quantitative estimate of drug-likeness (QED) is 0.128. The van der Waals surface area contributed by atoms with Crippen LogP contribution in [0, 0.1) is 0 Å². The van der Waals surface area contributed by atoms with Crippen LogP contribution in [0.5, 0.6) is 5.75 Å². The number of carbonyl (C=O) groups is 2.